The highest BCUT2D eigenvalue weighted by Crippen LogP contribution is 2.29. The van der Waals surface area contributed by atoms with Gasteiger partial charge in [-0.15, -0.1) is 0 Å². The third kappa shape index (κ3) is 1.28. The number of amidine groups is 1. The van der Waals surface area contributed by atoms with Gasteiger partial charge in [0.2, 0.25) is 0 Å². The Morgan fingerprint density at radius 3 is 3.00 bits per heavy atom. The maximum absolute atomic E-state index is 9.57. The maximum atomic E-state index is 9.57. The van der Waals surface area contributed by atoms with Gasteiger partial charge < -0.3 is 20.1 Å². The van der Waals surface area contributed by atoms with Gasteiger partial charge in [-0.25, -0.2) is 4.90 Å². The number of aliphatic hydroxyl groups excluding tert-OH is 1. The summed E-state index contributed by atoms with van der Waals surface area (Å²) < 4.78 is 10.4. The molecule has 0 radical (unpaired) electrons. The monoisotopic (exact) mass is 186 g/mol. The Hall–Kier alpha value is -1.10. The predicted octanol–water partition coefficient (Wildman–Crippen LogP) is -0.601. The molecule has 1 N–H and O–H groups in total. The van der Waals surface area contributed by atoms with Crippen LogP contribution < -0.4 is 0 Å². The van der Waals surface area contributed by atoms with Crippen LogP contribution in [0.1, 0.15) is 13.3 Å². The topological polar surface area (TPSA) is 78.3 Å². The number of aliphatic hydroxyl groups is 1. The highest BCUT2D eigenvalue weighted by molar-refractivity contribution is 5.70. The van der Waals surface area contributed by atoms with Gasteiger partial charge in [-0.3, -0.25) is 4.79 Å². The lowest BCUT2D eigenvalue weighted by Crippen LogP contribution is -2.49. The molecule has 78 valence electrons. The third-order valence-corrected chi connectivity index (χ3v) is 2.73. The molecule has 0 spiro atoms. The van der Waals surface area contributed by atoms with Crippen LogP contribution >= 0.6 is 0 Å². The molecule has 0 aromatic heterocycles. The fraction of sp³-hybridized carbons (Fsp3) is 0.875. The molecule has 6 heteroatoms. The molecule has 2 saturated heterocycles. The van der Waals surface area contributed by atoms with E-state index in [1.165, 1.54) is 0 Å². The fourth-order valence-corrected chi connectivity index (χ4v) is 1.99. The number of fused-ring (bicyclic) bond motifs is 1. The smallest absolute Gasteiger partial charge is 0.494 e. The molecule has 14 heavy (non-hydrogen) atoms. The minimum absolute atomic E-state index is 0.0136. The minimum atomic E-state index is -0.953. The fourth-order valence-electron chi connectivity index (χ4n) is 1.99. The van der Waals surface area contributed by atoms with E-state index < -0.39 is 12.4 Å². The summed E-state index contributed by atoms with van der Waals surface area (Å²) in [6, 6.07) is 0.149. The van der Waals surface area contributed by atoms with Crippen molar-refractivity contribution in [3.63, 3.8) is 0 Å². The molecule has 2 aliphatic heterocycles. The van der Waals surface area contributed by atoms with Crippen LogP contribution in [0.2, 0.25) is 0 Å². The number of ether oxygens (including phenoxy) is 2. The summed E-state index contributed by atoms with van der Waals surface area (Å²) in [7, 11) is 1.77. The summed E-state index contributed by atoms with van der Waals surface area (Å²) in [6.45, 7) is 1.89. The first-order valence-electron chi connectivity index (χ1n) is 4.58. The van der Waals surface area contributed by atoms with Crippen molar-refractivity contribution in [2.24, 2.45) is 0 Å². The SMILES string of the molecule is C[C@@H]1C[C@H]2[C@@H](OC(=[N+]=[1N-])N2C)C(O)O1. The van der Waals surface area contributed by atoms with E-state index in [0.29, 0.717) is 0 Å². The summed E-state index contributed by atoms with van der Waals surface area (Å²) >= 11 is 0. The van der Waals surface area contributed by atoms with Crippen molar-refractivity contribution in [3.8, 4) is 0 Å². The molecule has 0 aromatic rings. The van der Waals surface area contributed by atoms with Crippen molar-refractivity contribution in [3.05, 3.63) is 5.53 Å². The Bertz CT molecular complexity index is 290. The van der Waals surface area contributed by atoms with Gasteiger partial charge in [-0.2, -0.15) is 0 Å². The van der Waals surface area contributed by atoms with E-state index in [4.69, 9.17) is 15.0 Å². The first-order valence-corrected chi connectivity index (χ1v) is 4.58. The summed E-state index contributed by atoms with van der Waals surface area (Å²) in [5.41, 5.74) is 8.63. The molecule has 2 fully saturated rings. The van der Waals surface area contributed by atoms with Crippen LogP contribution in [0.5, 0.6) is 0 Å². The Morgan fingerprint density at radius 1 is 1.64 bits per heavy atom. The summed E-state index contributed by atoms with van der Waals surface area (Å²) in [6.07, 6.45) is -0.681. The van der Waals surface area contributed by atoms with Crippen molar-refractivity contribution < 1.29 is 19.4 Å². The van der Waals surface area contributed by atoms with Crippen molar-refractivity contribution in [2.75, 3.05) is 7.05 Å². The number of nitrogens with zero attached hydrogens (tertiary/aromatic N) is 3. The molecule has 0 aliphatic carbocycles. The first kappa shape index (κ1) is 9.45. The van der Waals surface area contributed by atoms with E-state index in [0.717, 1.165) is 6.42 Å². The zero-order chi connectivity index (χ0) is 10.3. The zero-order valence-electron chi connectivity index (χ0n) is 8.12. The van der Waals surface area contributed by atoms with Gasteiger partial charge in [0.25, 0.3) is 0 Å². The number of likely N-dealkylation sites (N-methyl/N-ethyl adjacent to an activating group) is 1. The summed E-state index contributed by atoms with van der Waals surface area (Å²) in [5.74, 6) is 0. The first-order chi connectivity index (χ1) is 6.63. The van der Waals surface area contributed by atoms with E-state index in [9.17, 15) is 5.11 Å². The molecule has 0 amide bonds. The molecule has 2 aliphatic rings. The van der Waals surface area contributed by atoms with Crippen LogP contribution in [0.15, 0.2) is 0 Å². The molecule has 4 atom stereocenters. The van der Waals surface area contributed by atoms with Crippen LogP contribution in [0.25, 0.3) is 5.53 Å². The average molecular weight is 186 g/mol. The van der Waals surface area contributed by atoms with E-state index in [1.54, 1.807) is 11.9 Å². The van der Waals surface area contributed by atoms with Gasteiger partial charge in [-0.05, 0) is 6.92 Å². The average Bonchev–Trinajstić information content (AvgIpc) is 2.44. The van der Waals surface area contributed by atoms with E-state index in [1.807, 2.05) is 6.92 Å². The van der Waals surface area contributed by atoms with Gasteiger partial charge >= 0.3 is 6.02 Å². The number of rotatable bonds is 0. The van der Waals surface area contributed by atoms with E-state index in [2.05, 4.69) is 4.79 Å². The van der Waals surface area contributed by atoms with Gasteiger partial charge in [0.15, 0.2) is 12.4 Å². The molecular weight excluding hydrogens is 173 g/mol. The molecule has 2 rings (SSSR count). The van der Waals surface area contributed by atoms with Gasteiger partial charge in [-0.1, -0.05) is 0 Å². The lowest BCUT2D eigenvalue weighted by Gasteiger charge is -2.31. The van der Waals surface area contributed by atoms with Crippen molar-refractivity contribution in [1.29, 1.82) is 0 Å². The zero-order valence-corrected chi connectivity index (χ0v) is 8.12. The van der Waals surface area contributed by atoms with Crippen LogP contribution in [-0.2, 0) is 9.47 Å². The quantitative estimate of drug-likeness (QED) is 0.404. The van der Waals surface area contributed by atoms with Gasteiger partial charge in [0, 0.05) is 6.42 Å². The Kier molecular flexibility index (Phi) is 2.19. The highest BCUT2D eigenvalue weighted by Gasteiger charge is 2.52. The van der Waals surface area contributed by atoms with Crippen molar-refractivity contribution in [1.82, 2.24) is 4.90 Å². The minimum Gasteiger partial charge on any atom is -0.494 e. The summed E-state index contributed by atoms with van der Waals surface area (Å²) in [4.78, 5) is 4.72. The Labute approximate surface area is 81.6 Å². The molecule has 0 bridgehead atoms. The van der Waals surface area contributed by atoms with Crippen molar-refractivity contribution >= 4 is 6.02 Å². The van der Waals surface area contributed by atoms with Crippen LogP contribution in [0.3, 0.4) is 0 Å². The van der Waals surface area contributed by atoms with Gasteiger partial charge in [0.05, 0.1) is 13.2 Å². The molecule has 2 heterocycles. The second-order valence-electron chi connectivity index (χ2n) is 3.72. The molecule has 0 aromatic carbocycles. The summed E-state index contributed by atoms with van der Waals surface area (Å²) in [5, 5.41) is 9.57. The number of hydrogen-bond donors (Lipinski definition) is 1. The normalized spacial score (nSPS) is 41.6. The molecular formula is C8H13N3O3. The van der Waals surface area contributed by atoms with Crippen LogP contribution in [0, 0.1) is 0 Å². The second kappa shape index (κ2) is 3.24. The largest absolute Gasteiger partial charge is 0.536 e. The maximum Gasteiger partial charge on any atom is 0.536 e. The van der Waals surface area contributed by atoms with E-state index >= 15 is 0 Å². The van der Waals surface area contributed by atoms with E-state index in [-0.39, 0.29) is 18.2 Å². The molecule has 6 nitrogen and oxygen atoms in total. The number of hydrogen-bond acceptors (Lipinski definition) is 3. The second-order valence-corrected chi connectivity index (χ2v) is 3.72. The Morgan fingerprint density at radius 2 is 2.36 bits per heavy atom. The predicted molar refractivity (Wildman–Crippen MR) is 46.2 cm³/mol. The highest BCUT2D eigenvalue weighted by atomic mass is 16.6. The molecule has 1 unspecified atom stereocenters. The third-order valence-electron chi connectivity index (χ3n) is 2.73. The van der Waals surface area contributed by atoms with Crippen LogP contribution in [0.4, 0.5) is 0 Å². The standard InChI is InChI=1S/C8H13N3O3/c1-4-3-5-6(7(12)13-4)14-8(10-9)11(5)2/h4-7,12H,3H2,1-2H3/t4-,5+,6-,7?/m1/s1/i9-13. The lowest BCUT2D eigenvalue weighted by molar-refractivity contribution is -0.211. The Balaban J connectivity index is 2.22. The molecule has 0 saturated carbocycles. The van der Waals surface area contributed by atoms with Crippen molar-refractivity contribution in [2.45, 2.75) is 37.9 Å². The van der Waals surface area contributed by atoms with Gasteiger partial charge in [0.1, 0.15) is 6.04 Å². The lowest BCUT2D eigenvalue weighted by atomic mass is 0.962. The van der Waals surface area contributed by atoms with Crippen LogP contribution in [-0.4, -0.2) is 52.4 Å².